The number of halogens is 2. The van der Waals surface area contributed by atoms with Crippen molar-refractivity contribution in [2.75, 3.05) is 7.11 Å². The molecule has 0 radical (unpaired) electrons. The van der Waals surface area contributed by atoms with Crippen LogP contribution in [0.5, 0.6) is 5.75 Å². The van der Waals surface area contributed by atoms with E-state index < -0.39 is 11.6 Å². The van der Waals surface area contributed by atoms with E-state index in [4.69, 9.17) is 15.2 Å². The van der Waals surface area contributed by atoms with Crippen LogP contribution in [0.15, 0.2) is 18.2 Å². The zero-order valence-electron chi connectivity index (χ0n) is 8.82. The molecule has 1 aromatic rings. The van der Waals surface area contributed by atoms with E-state index >= 15 is 0 Å². The van der Waals surface area contributed by atoms with Crippen LogP contribution in [-0.2, 0) is 4.74 Å². The van der Waals surface area contributed by atoms with E-state index in [0.717, 1.165) is 12.1 Å². The van der Waals surface area contributed by atoms with Crippen molar-refractivity contribution >= 4 is 0 Å². The molecule has 88 valence electrons. The number of ether oxygens (including phenoxy) is 2. The summed E-state index contributed by atoms with van der Waals surface area (Å²) < 4.78 is 36.1. The maximum atomic E-state index is 12.9. The highest BCUT2D eigenvalue weighted by Gasteiger charge is 2.40. The second-order valence-electron chi connectivity index (χ2n) is 3.83. The van der Waals surface area contributed by atoms with E-state index in [1.54, 1.807) is 7.11 Å². The van der Waals surface area contributed by atoms with Gasteiger partial charge in [-0.05, 0) is 12.1 Å². The molecule has 3 nitrogen and oxygen atoms in total. The van der Waals surface area contributed by atoms with E-state index in [-0.39, 0.29) is 24.0 Å². The monoisotopic (exact) mass is 229 g/mol. The number of methoxy groups -OCH3 is 1. The van der Waals surface area contributed by atoms with Crippen LogP contribution in [0.2, 0.25) is 0 Å². The quantitative estimate of drug-likeness (QED) is 0.853. The van der Waals surface area contributed by atoms with Gasteiger partial charge in [-0.25, -0.2) is 8.78 Å². The van der Waals surface area contributed by atoms with Gasteiger partial charge >= 0.3 is 0 Å². The highest BCUT2D eigenvalue weighted by Crippen LogP contribution is 2.27. The van der Waals surface area contributed by atoms with Crippen LogP contribution >= 0.6 is 0 Å². The highest BCUT2D eigenvalue weighted by atomic mass is 19.2. The summed E-state index contributed by atoms with van der Waals surface area (Å²) in [6, 6.07) is 3.38. The minimum atomic E-state index is -0.921. The standard InChI is InChI=1S/C11H13F2NO2/c1-15-11-9(14)5-10(11)16-6-2-3-7(12)8(13)4-6/h2-4,9-11H,5,14H2,1H3. The summed E-state index contributed by atoms with van der Waals surface area (Å²) in [5.41, 5.74) is 5.69. The highest BCUT2D eigenvalue weighted by molar-refractivity contribution is 5.24. The minimum Gasteiger partial charge on any atom is -0.487 e. The molecule has 3 unspecified atom stereocenters. The van der Waals surface area contributed by atoms with Crippen molar-refractivity contribution in [3.63, 3.8) is 0 Å². The third-order valence-electron chi connectivity index (χ3n) is 2.74. The summed E-state index contributed by atoms with van der Waals surface area (Å²) in [7, 11) is 1.55. The largest absolute Gasteiger partial charge is 0.487 e. The fraction of sp³-hybridized carbons (Fsp3) is 0.455. The van der Waals surface area contributed by atoms with Crippen LogP contribution in [0, 0.1) is 11.6 Å². The maximum absolute atomic E-state index is 12.9. The van der Waals surface area contributed by atoms with Crippen molar-refractivity contribution in [1.29, 1.82) is 0 Å². The average molecular weight is 229 g/mol. The molecule has 3 atom stereocenters. The van der Waals surface area contributed by atoms with Gasteiger partial charge in [0.1, 0.15) is 18.0 Å². The second kappa shape index (κ2) is 4.35. The second-order valence-corrected chi connectivity index (χ2v) is 3.83. The lowest BCUT2D eigenvalue weighted by molar-refractivity contribution is -0.0783. The Morgan fingerprint density at radius 1 is 1.31 bits per heavy atom. The van der Waals surface area contributed by atoms with Crippen LogP contribution in [-0.4, -0.2) is 25.4 Å². The Morgan fingerprint density at radius 3 is 2.62 bits per heavy atom. The average Bonchev–Trinajstić information content (AvgIpc) is 2.23. The molecule has 0 spiro atoms. The Balaban J connectivity index is 2.02. The van der Waals surface area contributed by atoms with Crippen LogP contribution in [0.1, 0.15) is 6.42 Å². The lowest BCUT2D eigenvalue weighted by Gasteiger charge is -2.40. The fourth-order valence-electron chi connectivity index (χ4n) is 1.78. The molecule has 0 aromatic heterocycles. The topological polar surface area (TPSA) is 44.5 Å². The number of benzene rings is 1. The molecule has 0 bridgehead atoms. The lowest BCUT2D eigenvalue weighted by Crippen LogP contribution is -2.59. The van der Waals surface area contributed by atoms with Crippen molar-refractivity contribution in [3.8, 4) is 5.75 Å². The third-order valence-corrected chi connectivity index (χ3v) is 2.74. The van der Waals surface area contributed by atoms with E-state index in [0.29, 0.717) is 6.42 Å². The van der Waals surface area contributed by atoms with Gasteiger partial charge in [-0.15, -0.1) is 0 Å². The summed E-state index contributed by atoms with van der Waals surface area (Å²) in [5, 5.41) is 0. The molecule has 1 aromatic carbocycles. The molecular formula is C11H13F2NO2. The van der Waals surface area contributed by atoms with Gasteiger partial charge in [-0.3, -0.25) is 0 Å². The SMILES string of the molecule is COC1C(N)CC1Oc1ccc(F)c(F)c1. The van der Waals surface area contributed by atoms with Gasteiger partial charge in [0.15, 0.2) is 11.6 Å². The Bertz CT molecular complexity index is 386. The van der Waals surface area contributed by atoms with Crippen LogP contribution in [0.25, 0.3) is 0 Å². The Labute approximate surface area is 92.1 Å². The first-order valence-corrected chi connectivity index (χ1v) is 5.02. The zero-order chi connectivity index (χ0) is 11.7. The van der Waals surface area contributed by atoms with E-state index in [2.05, 4.69) is 0 Å². The van der Waals surface area contributed by atoms with E-state index in [9.17, 15) is 8.78 Å². The molecule has 0 aliphatic heterocycles. The predicted octanol–water partition coefficient (Wildman–Crippen LogP) is 1.46. The van der Waals surface area contributed by atoms with Gasteiger partial charge in [0.05, 0.1) is 0 Å². The molecule has 2 N–H and O–H groups in total. The first kappa shape index (κ1) is 11.3. The fourth-order valence-corrected chi connectivity index (χ4v) is 1.78. The number of hydrogen-bond donors (Lipinski definition) is 1. The molecule has 1 saturated carbocycles. The Morgan fingerprint density at radius 2 is 2.06 bits per heavy atom. The molecule has 1 aliphatic rings. The Kier molecular flexibility index (Phi) is 3.07. The molecule has 1 fully saturated rings. The molecule has 16 heavy (non-hydrogen) atoms. The summed E-state index contributed by atoms with van der Waals surface area (Å²) in [6.45, 7) is 0. The maximum Gasteiger partial charge on any atom is 0.162 e. The van der Waals surface area contributed by atoms with Gasteiger partial charge in [-0.1, -0.05) is 0 Å². The van der Waals surface area contributed by atoms with Gasteiger partial charge in [0.2, 0.25) is 0 Å². The van der Waals surface area contributed by atoms with Gasteiger partial charge < -0.3 is 15.2 Å². The molecule has 0 saturated heterocycles. The van der Waals surface area contributed by atoms with Crippen molar-refractivity contribution in [1.82, 2.24) is 0 Å². The summed E-state index contributed by atoms with van der Waals surface area (Å²) >= 11 is 0. The van der Waals surface area contributed by atoms with Crippen molar-refractivity contribution in [2.45, 2.75) is 24.7 Å². The smallest absolute Gasteiger partial charge is 0.162 e. The molecule has 0 amide bonds. The minimum absolute atomic E-state index is 0.0553. The summed E-state index contributed by atoms with van der Waals surface area (Å²) in [5.74, 6) is -1.52. The number of nitrogens with two attached hydrogens (primary N) is 1. The predicted molar refractivity (Wildman–Crippen MR) is 54.2 cm³/mol. The van der Waals surface area contributed by atoms with E-state index in [1.807, 2.05) is 0 Å². The number of rotatable bonds is 3. The van der Waals surface area contributed by atoms with Crippen molar-refractivity contribution < 1.29 is 18.3 Å². The first-order chi connectivity index (χ1) is 7.61. The van der Waals surface area contributed by atoms with Crippen molar-refractivity contribution in [2.24, 2.45) is 5.73 Å². The van der Waals surface area contributed by atoms with Gasteiger partial charge in [-0.2, -0.15) is 0 Å². The molecule has 1 aliphatic carbocycles. The van der Waals surface area contributed by atoms with Crippen LogP contribution in [0.3, 0.4) is 0 Å². The molecular weight excluding hydrogens is 216 g/mol. The van der Waals surface area contributed by atoms with Crippen LogP contribution < -0.4 is 10.5 Å². The third kappa shape index (κ3) is 2.01. The van der Waals surface area contributed by atoms with Crippen molar-refractivity contribution in [3.05, 3.63) is 29.8 Å². The first-order valence-electron chi connectivity index (χ1n) is 5.02. The lowest BCUT2D eigenvalue weighted by atomic mass is 9.86. The van der Waals surface area contributed by atoms with E-state index in [1.165, 1.54) is 6.07 Å². The number of hydrogen-bond acceptors (Lipinski definition) is 3. The summed E-state index contributed by atoms with van der Waals surface area (Å²) in [4.78, 5) is 0. The normalized spacial score (nSPS) is 28.6. The van der Waals surface area contributed by atoms with Gasteiger partial charge in [0.25, 0.3) is 0 Å². The van der Waals surface area contributed by atoms with Crippen LogP contribution in [0.4, 0.5) is 8.78 Å². The molecule has 0 heterocycles. The molecule has 5 heteroatoms. The summed E-state index contributed by atoms with van der Waals surface area (Å²) in [6.07, 6.45) is 0.273. The zero-order valence-corrected chi connectivity index (χ0v) is 8.82. The molecule has 2 rings (SSSR count). The van der Waals surface area contributed by atoms with Gasteiger partial charge in [0, 0.05) is 25.6 Å². The Hall–Kier alpha value is -1.20.